The summed E-state index contributed by atoms with van der Waals surface area (Å²) in [6, 6.07) is 8.39. The molecule has 3 heteroatoms. The minimum atomic E-state index is 0.0974. The number of halogens is 1. The molecule has 0 aliphatic carbocycles. The first kappa shape index (κ1) is 12.9. The molecule has 0 radical (unpaired) electrons. The smallest absolute Gasteiger partial charge is 0.0511 e. The largest absolute Gasteiger partial charge is 0.326 e. The van der Waals surface area contributed by atoms with Gasteiger partial charge in [-0.1, -0.05) is 36.7 Å². The van der Waals surface area contributed by atoms with Crippen molar-refractivity contribution in [1.29, 1.82) is 0 Å². The molecule has 1 fully saturated rings. The summed E-state index contributed by atoms with van der Waals surface area (Å²) in [6.07, 6.45) is 1.26. The number of rotatable bonds is 3. The predicted molar refractivity (Wildman–Crippen MR) is 73.2 cm³/mol. The fraction of sp³-hybridized carbons (Fsp3) is 0.571. The van der Waals surface area contributed by atoms with Crippen LogP contribution in [0.5, 0.6) is 0 Å². The molecule has 0 aromatic heterocycles. The topological polar surface area (TPSA) is 29.3 Å². The third kappa shape index (κ3) is 2.82. The van der Waals surface area contributed by atoms with Gasteiger partial charge in [-0.2, -0.15) is 0 Å². The second-order valence-corrected chi connectivity index (χ2v) is 5.62. The number of likely N-dealkylation sites (tertiary alicyclic amines) is 1. The van der Waals surface area contributed by atoms with Crippen molar-refractivity contribution in [3.63, 3.8) is 0 Å². The molecule has 1 aromatic rings. The quantitative estimate of drug-likeness (QED) is 0.896. The molecule has 2 rings (SSSR count). The number of hydrogen-bond donors (Lipinski definition) is 1. The maximum absolute atomic E-state index is 6.30. The van der Waals surface area contributed by atoms with Crippen LogP contribution in [0.2, 0.25) is 5.02 Å². The van der Waals surface area contributed by atoms with Crippen LogP contribution in [0.1, 0.15) is 31.9 Å². The summed E-state index contributed by atoms with van der Waals surface area (Å²) in [6.45, 7) is 6.61. The second-order valence-electron chi connectivity index (χ2n) is 5.21. The van der Waals surface area contributed by atoms with Crippen LogP contribution in [0, 0.1) is 5.92 Å². The fourth-order valence-corrected chi connectivity index (χ4v) is 3.00. The second kappa shape index (κ2) is 5.38. The zero-order valence-electron chi connectivity index (χ0n) is 10.6. The highest BCUT2D eigenvalue weighted by molar-refractivity contribution is 6.31. The molecule has 17 heavy (non-hydrogen) atoms. The Morgan fingerprint density at radius 3 is 2.65 bits per heavy atom. The van der Waals surface area contributed by atoms with E-state index in [9.17, 15) is 0 Å². The number of nitrogens with zero attached hydrogens (tertiary/aromatic N) is 1. The van der Waals surface area contributed by atoms with Crippen LogP contribution >= 0.6 is 11.6 Å². The molecule has 3 atom stereocenters. The van der Waals surface area contributed by atoms with E-state index < -0.39 is 0 Å². The summed E-state index contributed by atoms with van der Waals surface area (Å²) in [5.41, 5.74) is 7.33. The van der Waals surface area contributed by atoms with Gasteiger partial charge in [0.05, 0.1) is 6.04 Å². The van der Waals surface area contributed by atoms with Gasteiger partial charge in [-0.15, -0.1) is 0 Å². The number of benzene rings is 1. The molecule has 0 amide bonds. The average molecular weight is 253 g/mol. The van der Waals surface area contributed by atoms with Crippen molar-refractivity contribution in [2.45, 2.75) is 32.4 Å². The Morgan fingerprint density at radius 2 is 2.12 bits per heavy atom. The molecule has 1 aliphatic rings. The fourth-order valence-electron chi connectivity index (χ4n) is 2.75. The lowest BCUT2D eigenvalue weighted by Crippen LogP contribution is -2.38. The minimum Gasteiger partial charge on any atom is -0.326 e. The molecular weight excluding hydrogens is 232 g/mol. The highest BCUT2D eigenvalue weighted by Gasteiger charge is 2.30. The predicted octanol–water partition coefficient (Wildman–Crippen LogP) is 3.07. The van der Waals surface area contributed by atoms with Crippen LogP contribution in [0.4, 0.5) is 0 Å². The Labute approximate surface area is 109 Å². The molecule has 0 spiro atoms. The summed E-state index contributed by atoms with van der Waals surface area (Å²) in [4.78, 5) is 2.47. The van der Waals surface area contributed by atoms with E-state index >= 15 is 0 Å². The Morgan fingerprint density at radius 1 is 1.41 bits per heavy atom. The zero-order chi connectivity index (χ0) is 12.4. The van der Waals surface area contributed by atoms with Crippen molar-refractivity contribution in [2.75, 3.05) is 13.1 Å². The SMILES string of the molecule is CC1CCN(C(c2ccccc2Cl)C(C)N)C1. The Bertz CT molecular complexity index is 378. The molecule has 1 aromatic carbocycles. The third-order valence-electron chi connectivity index (χ3n) is 3.57. The van der Waals surface area contributed by atoms with Crippen LogP contribution < -0.4 is 5.73 Å². The van der Waals surface area contributed by atoms with Gasteiger partial charge in [0.1, 0.15) is 0 Å². The van der Waals surface area contributed by atoms with Gasteiger partial charge in [-0.3, -0.25) is 4.90 Å². The van der Waals surface area contributed by atoms with Crippen molar-refractivity contribution >= 4 is 11.6 Å². The average Bonchev–Trinajstić information content (AvgIpc) is 2.68. The molecule has 3 unspecified atom stereocenters. The van der Waals surface area contributed by atoms with Crippen LogP contribution in [0.25, 0.3) is 0 Å². The molecule has 1 aliphatic heterocycles. The lowest BCUT2D eigenvalue weighted by molar-refractivity contribution is 0.213. The van der Waals surface area contributed by atoms with Crippen LogP contribution in [0.3, 0.4) is 0 Å². The molecule has 2 nitrogen and oxygen atoms in total. The van der Waals surface area contributed by atoms with Gasteiger partial charge in [0.2, 0.25) is 0 Å². The van der Waals surface area contributed by atoms with Gasteiger partial charge in [-0.05, 0) is 37.4 Å². The normalized spacial score (nSPS) is 24.8. The van der Waals surface area contributed by atoms with Crippen molar-refractivity contribution in [3.8, 4) is 0 Å². The molecule has 0 bridgehead atoms. The van der Waals surface area contributed by atoms with E-state index in [1.807, 2.05) is 18.2 Å². The molecule has 2 N–H and O–H groups in total. The van der Waals surface area contributed by atoms with E-state index in [0.29, 0.717) is 0 Å². The monoisotopic (exact) mass is 252 g/mol. The molecule has 0 saturated carbocycles. The summed E-state index contributed by atoms with van der Waals surface area (Å²) in [5, 5.41) is 0.828. The Hall–Kier alpha value is -0.570. The Kier molecular flexibility index (Phi) is 4.08. The molecular formula is C14H21ClN2. The van der Waals surface area contributed by atoms with E-state index in [1.165, 1.54) is 12.0 Å². The van der Waals surface area contributed by atoms with Gasteiger partial charge < -0.3 is 5.73 Å². The third-order valence-corrected chi connectivity index (χ3v) is 3.91. The number of hydrogen-bond acceptors (Lipinski definition) is 2. The Balaban J connectivity index is 2.27. The van der Waals surface area contributed by atoms with Crippen molar-refractivity contribution in [3.05, 3.63) is 34.9 Å². The van der Waals surface area contributed by atoms with Crippen LogP contribution in [-0.2, 0) is 0 Å². The highest BCUT2D eigenvalue weighted by atomic mass is 35.5. The lowest BCUT2D eigenvalue weighted by atomic mass is 9.99. The summed E-state index contributed by atoms with van der Waals surface area (Å²) < 4.78 is 0. The first-order chi connectivity index (χ1) is 8.09. The highest BCUT2D eigenvalue weighted by Crippen LogP contribution is 2.33. The number of nitrogens with two attached hydrogens (primary N) is 1. The molecule has 1 saturated heterocycles. The summed E-state index contributed by atoms with van der Waals surface area (Å²) in [7, 11) is 0. The molecule has 94 valence electrons. The maximum atomic E-state index is 6.30. The van der Waals surface area contributed by atoms with E-state index in [4.69, 9.17) is 17.3 Å². The van der Waals surface area contributed by atoms with Crippen molar-refractivity contribution < 1.29 is 0 Å². The van der Waals surface area contributed by atoms with Crippen molar-refractivity contribution in [2.24, 2.45) is 11.7 Å². The standard InChI is InChI=1S/C14H21ClN2/c1-10-7-8-17(9-10)14(11(2)16)12-5-3-4-6-13(12)15/h3-6,10-11,14H,7-9,16H2,1-2H3. The van der Waals surface area contributed by atoms with Gasteiger partial charge in [0.15, 0.2) is 0 Å². The summed E-state index contributed by atoms with van der Waals surface area (Å²) >= 11 is 6.30. The summed E-state index contributed by atoms with van der Waals surface area (Å²) in [5.74, 6) is 0.763. The zero-order valence-corrected chi connectivity index (χ0v) is 11.3. The lowest BCUT2D eigenvalue weighted by Gasteiger charge is -2.32. The van der Waals surface area contributed by atoms with Gasteiger partial charge >= 0.3 is 0 Å². The van der Waals surface area contributed by atoms with E-state index in [1.54, 1.807) is 0 Å². The van der Waals surface area contributed by atoms with Gasteiger partial charge in [0.25, 0.3) is 0 Å². The van der Waals surface area contributed by atoms with Crippen LogP contribution in [0.15, 0.2) is 24.3 Å². The molecule has 1 heterocycles. The maximum Gasteiger partial charge on any atom is 0.0511 e. The van der Waals surface area contributed by atoms with E-state index in [0.717, 1.165) is 24.0 Å². The first-order valence-electron chi connectivity index (χ1n) is 6.33. The first-order valence-corrected chi connectivity index (χ1v) is 6.71. The van der Waals surface area contributed by atoms with E-state index in [2.05, 4.69) is 24.8 Å². The van der Waals surface area contributed by atoms with Crippen molar-refractivity contribution in [1.82, 2.24) is 4.90 Å². The minimum absolute atomic E-state index is 0.0974. The van der Waals surface area contributed by atoms with Gasteiger partial charge in [0, 0.05) is 17.6 Å². The van der Waals surface area contributed by atoms with Gasteiger partial charge in [-0.25, -0.2) is 0 Å². The van der Waals surface area contributed by atoms with E-state index in [-0.39, 0.29) is 12.1 Å². The van der Waals surface area contributed by atoms with Crippen LogP contribution in [-0.4, -0.2) is 24.0 Å².